The van der Waals surface area contributed by atoms with E-state index in [-0.39, 0.29) is 36.0 Å². The van der Waals surface area contributed by atoms with Gasteiger partial charge in [-0.3, -0.25) is 4.79 Å². The van der Waals surface area contributed by atoms with Crippen LogP contribution in [-0.2, 0) is 10.2 Å². The highest BCUT2D eigenvalue weighted by molar-refractivity contribution is 5.84. The number of rotatable bonds is 6. The summed E-state index contributed by atoms with van der Waals surface area (Å²) in [5, 5.41) is 9.51. The van der Waals surface area contributed by atoms with E-state index in [2.05, 4.69) is 12.1 Å². The van der Waals surface area contributed by atoms with Crippen LogP contribution in [0.4, 0.5) is 4.39 Å². The van der Waals surface area contributed by atoms with E-state index in [0.717, 1.165) is 38.5 Å². The number of ether oxygens (including phenoxy) is 1. The third-order valence-corrected chi connectivity index (χ3v) is 7.16. The summed E-state index contributed by atoms with van der Waals surface area (Å²) < 4.78 is 18.2. The minimum Gasteiger partial charge on any atom is -0.489 e. The second-order valence-corrected chi connectivity index (χ2v) is 8.71. The fourth-order valence-corrected chi connectivity index (χ4v) is 5.11. The van der Waals surface area contributed by atoms with Crippen molar-refractivity contribution >= 4 is 5.91 Å². The summed E-state index contributed by atoms with van der Waals surface area (Å²) in [7, 11) is 0. The zero-order valence-corrected chi connectivity index (χ0v) is 16.2. The second kappa shape index (κ2) is 7.48. The molecule has 0 unspecified atom stereocenters. The van der Waals surface area contributed by atoms with E-state index in [9.17, 15) is 14.3 Å². The van der Waals surface area contributed by atoms with Crippen LogP contribution in [0.15, 0.2) is 36.2 Å². The van der Waals surface area contributed by atoms with Gasteiger partial charge in [0, 0.05) is 30.6 Å². The van der Waals surface area contributed by atoms with Gasteiger partial charge in [0.15, 0.2) is 0 Å². The first-order valence-electron chi connectivity index (χ1n) is 10.2. The topological polar surface area (TPSA) is 75.8 Å². The number of aliphatic hydroxyl groups is 1. The van der Waals surface area contributed by atoms with Gasteiger partial charge in [-0.05, 0) is 61.6 Å². The van der Waals surface area contributed by atoms with Crippen molar-refractivity contribution in [2.75, 3.05) is 26.2 Å². The molecule has 1 aliphatic heterocycles. The first-order chi connectivity index (χ1) is 13.5. The van der Waals surface area contributed by atoms with E-state index in [4.69, 9.17) is 10.5 Å². The third-order valence-electron chi connectivity index (χ3n) is 7.16. The molecule has 1 heterocycles. The minimum absolute atomic E-state index is 0.147. The van der Waals surface area contributed by atoms with Gasteiger partial charge in [0.05, 0.1) is 12.4 Å². The Hall–Kier alpha value is -1.92. The van der Waals surface area contributed by atoms with E-state index < -0.39 is 0 Å². The molecule has 2 bridgehead atoms. The molecule has 28 heavy (non-hydrogen) atoms. The summed E-state index contributed by atoms with van der Waals surface area (Å²) in [4.78, 5) is 14.8. The highest BCUT2D eigenvalue weighted by Crippen LogP contribution is 2.58. The van der Waals surface area contributed by atoms with Gasteiger partial charge in [-0.2, -0.15) is 0 Å². The number of likely N-dealkylation sites (tertiary alicyclic amines) is 1. The van der Waals surface area contributed by atoms with Crippen LogP contribution < -0.4 is 10.5 Å². The number of carbonyl (C=O) groups excluding carboxylic acids is 1. The molecular formula is C22H29FN2O3. The van der Waals surface area contributed by atoms with Crippen LogP contribution in [0, 0.1) is 5.41 Å². The van der Waals surface area contributed by atoms with Crippen molar-refractivity contribution in [3.05, 3.63) is 41.7 Å². The lowest BCUT2D eigenvalue weighted by atomic mass is 9.51. The van der Waals surface area contributed by atoms with E-state index in [1.807, 2.05) is 17.0 Å². The largest absolute Gasteiger partial charge is 0.489 e. The van der Waals surface area contributed by atoms with Gasteiger partial charge in [-0.25, -0.2) is 4.39 Å². The predicted octanol–water partition coefficient (Wildman–Crippen LogP) is 2.67. The number of aliphatic hydroxyl groups excluding tert-OH is 1. The van der Waals surface area contributed by atoms with Gasteiger partial charge in [-0.1, -0.05) is 12.1 Å². The van der Waals surface area contributed by atoms with Crippen LogP contribution in [0.25, 0.3) is 0 Å². The molecule has 6 heteroatoms. The van der Waals surface area contributed by atoms with Crippen molar-refractivity contribution in [1.29, 1.82) is 0 Å². The number of benzene rings is 1. The number of halogens is 1. The Morgan fingerprint density at radius 1 is 1.18 bits per heavy atom. The number of hydrogen-bond acceptors (Lipinski definition) is 4. The molecule has 152 valence electrons. The second-order valence-electron chi connectivity index (χ2n) is 8.71. The molecule has 4 fully saturated rings. The van der Waals surface area contributed by atoms with Crippen LogP contribution in [0.2, 0.25) is 0 Å². The Kier molecular flexibility index (Phi) is 5.19. The number of amides is 1. The Morgan fingerprint density at radius 2 is 1.79 bits per heavy atom. The van der Waals surface area contributed by atoms with Crippen LogP contribution in [-0.4, -0.2) is 48.3 Å². The van der Waals surface area contributed by atoms with Crippen LogP contribution in [0.3, 0.4) is 0 Å². The fraction of sp³-hybridized carbons (Fsp3) is 0.591. The molecule has 4 aliphatic rings. The average molecular weight is 388 g/mol. The molecule has 5 rings (SSSR count). The molecule has 5 nitrogen and oxygen atoms in total. The monoisotopic (exact) mass is 388 g/mol. The van der Waals surface area contributed by atoms with Gasteiger partial charge in [0.1, 0.15) is 12.4 Å². The Balaban J connectivity index is 1.39. The van der Waals surface area contributed by atoms with Crippen molar-refractivity contribution in [3.8, 4) is 5.75 Å². The molecule has 1 amide bonds. The molecule has 3 saturated carbocycles. The van der Waals surface area contributed by atoms with Crippen molar-refractivity contribution in [2.24, 2.45) is 11.1 Å². The summed E-state index contributed by atoms with van der Waals surface area (Å²) in [5.41, 5.74) is 7.13. The first-order valence-corrected chi connectivity index (χ1v) is 10.2. The normalized spacial score (nSPS) is 30.2. The minimum atomic E-state index is -0.339. The van der Waals surface area contributed by atoms with E-state index in [1.54, 1.807) is 0 Å². The molecule has 0 radical (unpaired) electrons. The smallest absolute Gasteiger partial charge is 0.228 e. The van der Waals surface area contributed by atoms with Gasteiger partial charge in [0.2, 0.25) is 5.91 Å². The number of carbonyl (C=O) groups is 1. The fourth-order valence-electron chi connectivity index (χ4n) is 5.11. The van der Waals surface area contributed by atoms with E-state index in [0.29, 0.717) is 30.7 Å². The summed E-state index contributed by atoms with van der Waals surface area (Å²) in [6, 6.07) is 8.12. The molecule has 0 atom stereocenters. The van der Waals surface area contributed by atoms with Gasteiger partial charge in [0.25, 0.3) is 0 Å². The van der Waals surface area contributed by atoms with Crippen molar-refractivity contribution < 1.29 is 19.0 Å². The number of β-amino-alcohol motifs (C(OH)–C–C–N with tert-alkyl or cyclic N) is 1. The van der Waals surface area contributed by atoms with E-state index in [1.165, 1.54) is 5.56 Å². The maximum Gasteiger partial charge on any atom is 0.228 e. The molecule has 1 saturated heterocycles. The third kappa shape index (κ3) is 3.33. The number of hydrogen-bond donors (Lipinski definition) is 2. The molecule has 1 aromatic rings. The molecular weight excluding hydrogens is 359 g/mol. The van der Waals surface area contributed by atoms with E-state index >= 15 is 0 Å². The van der Waals surface area contributed by atoms with Gasteiger partial charge < -0.3 is 20.5 Å². The van der Waals surface area contributed by atoms with Gasteiger partial charge in [-0.15, -0.1) is 0 Å². The maximum atomic E-state index is 12.9. The lowest BCUT2D eigenvalue weighted by Crippen LogP contribution is -2.60. The zero-order chi connectivity index (χ0) is 19.8. The predicted molar refractivity (Wildman–Crippen MR) is 105 cm³/mol. The maximum absolute atomic E-state index is 12.9. The Bertz CT molecular complexity index is 731. The number of fused-ring (bicyclic) bond motifs is 3. The Labute approximate surface area is 165 Å². The summed E-state index contributed by atoms with van der Waals surface area (Å²) >= 11 is 0. The Morgan fingerprint density at radius 3 is 2.29 bits per heavy atom. The van der Waals surface area contributed by atoms with Crippen molar-refractivity contribution in [1.82, 2.24) is 4.90 Å². The molecule has 0 spiro atoms. The van der Waals surface area contributed by atoms with Gasteiger partial charge >= 0.3 is 0 Å². The highest BCUT2D eigenvalue weighted by atomic mass is 19.1. The highest BCUT2D eigenvalue weighted by Gasteiger charge is 2.54. The summed E-state index contributed by atoms with van der Waals surface area (Å²) in [6.45, 7) is 1.30. The van der Waals surface area contributed by atoms with Crippen LogP contribution >= 0.6 is 0 Å². The quantitative estimate of drug-likeness (QED) is 0.786. The SMILES string of the molecule is NC/C(=C\F)COc1ccc(C23CCC(C(=O)N4CC(O)C4)(CC2)CC3)cc1. The molecule has 0 aromatic heterocycles. The summed E-state index contributed by atoms with van der Waals surface area (Å²) in [5.74, 6) is 0.965. The zero-order valence-electron chi connectivity index (χ0n) is 16.2. The molecule has 3 aliphatic carbocycles. The molecule has 3 N–H and O–H groups in total. The number of nitrogens with zero attached hydrogens (tertiary/aromatic N) is 1. The van der Waals surface area contributed by atoms with Crippen molar-refractivity contribution in [2.45, 2.75) is 50.0 Å². The number of nitrogens with two attached hydrogens (primary N) is 1. The average Bonchev–Trinajstić information content (AvgIpc) is 2.73. The standard InChI is InChI=1S/C22H29FN2O3/c23-11-16(12-24)15-28-19-3-1-17(2-4-19)21-5-8-22(9-6-21,10-7-21)20(27)25-13-18(26)14-25/h1-4,11,18,26H,5-10,12-15,24H2/b16-11+. The van der Waals surface area contributed by atoms with Crippen LogP contribution in [0.5, 0.6) is 5.75 Å². The lowest BCUT2D eigenvalue weighted by Gasteiger charge is -2.55. The van der Waals surface area contributed by atoms with Crippen molar-refractivity contribution in [3.63, 3.8) is 0 Å². The summed E-state index contributed by atoms with van der Waals surface area (Å²) in [6.07, 6.45) is 6.03. The lowest BCUT2D eigenvalue weighted by molar-refractivity contribution is -0.159. The first kappa shape index (κ1) is 19.4. The molecule has 1 aromatic carbocycles. The van der Waals surface area contributed by atoms with Crippen LogP contribution in [0.1, 0.15) is 44.1 Å².